The van der Waals surface area contributed by atoms with Gasteiger partial charge in [0.2, 0.25) is 0 Å². The number of unbranched alkanes of at least 4 members (excludes halogenated alkanes) is 1. The summed E-state index contributed by atoms with van der Waals surface area (Å²) in [5.41, 5.74) is 2.26. The average Bonchev–Trinajstić information content (AvgIpc) is 3.35. The summed E-state index contributed by atoms with van der Waals surface area (Å²) in [7, 11) is 0. The zero-order valence-electron chi connectivity index (χ0n) is 15.7. The number of nitrogens with zero attached hydrogens (tertiary/aromatic N) is 5. The van der Waals surface area contributed by atoms with Crippen molar-refractivity contribution in [2.45, 2.75) is 19.8 Å². The number of carbonyl (C=O) groups excluding carboxylic acids is 3. The summed E-state index contributed by atoms with van der Waals surface area (Å²) in [6.45, 7) is 2.38. The molecule has 3 amide bonds. The molecule has 1 aliphatic rings. The molecule has 0 fully saturated rings. The summed E-state index contributed by atoms with van der Waals surface area (Å²) in [4.78, 5) is 38.8. The first-order chi connectivity index (χ1) is 14.1. The number of hydrogen-bond donors (Lipinski definition) is 1. The van der Waals surface area contributed by atoms with Gasteiger partial charge in [-0.3, -0.25) is 19.3 Å². The fourth-order valence-corrected chi connectivity index (χ4v) is 3.13. The summed E-state index contributed by atoms with van der Waals surface area (Å²) < 4.78 is 1.50. The molecule has 9 heteroatoms. The van der Waals surface area contributed by atoms with Crippen LogP contribution in [0.3, 0.4) is 0 Å². The highest BCUT2D eigenvalue weighted by molar-refractivity contribution is 6.22. The lowest BCUT2D eigenvalue weighted by Crippen LogP contribution is -2.30. The van der Waals surface area contributed by atoms with Gasteiger partial charge in [0.1, 0.15) is 6.33 Å². The Morgan fingerprint density at radius 3 is 2.48 bits per heavy atom. The maximum absolute atomic E-state index is 12.6. The van der Waals surface area contributed by atoms with E-state index in [0.717, 1.165) is 18.5 Å². The number of amides is 3. The Hall–Kier alpha value is -3.88. The molecule has 146 valence electrons. The Morgan fingerprint density at radius 1 is 1.03 bits per heavy atom. The first-order valence-electron chi connectivity index (χ1n) is 9.23. The highest BCUT2D eigenvalue weighted by Gasteiger charge is 2.35. The van der Waals surface area contributed by atoms with E-state index in [1.165, 1.54) is 28.0 Å². The fraction of sp³-hybridized carbons (Fsp3) is 0.200. The molecule has 1 aliphatic heterocycles. The third-order valence-corrected chi connectivity index (χ3v) is 4.71. The second-order valence-electron chi connectivity index (χ2n) is 6.63. The van der Waals surface area contributed by atoms with Gasteiger partial charge in [0.25, 0.3) is 17.7 Å². The van der Waals surface area contributed by atoms with Gasteiger partial charge < -0.3 is 5.32 Å². The van der Waals surface area contributed by atoms with Crippen molar-refractivity contribution in [2.24, 2.45) is 0 Å². The van der Waals surface area contributed by atoms with Crippen LogP contribution < -0.4 is 5.32 Å². The first-order valence-corrected chi connectivity index (χ1v) is 9.23. The van der Waals surface area contributed by atoms with E-state index in [1.807, 2.05) is 6.92 Å². The maximum Gasteiger partial charge on any atom is 0.261 e. The molecule has 0 radical (unpaired) electrons. The van der Waals surface area contributed by atoms with Gasteiger partial charge in [-0.15, -0.1) is 5.10 Å². The van der Waals surface area contributed by atoms with Crippen LogP contribution in [0.1, 0.15) is 50.8 Å². The van der Waals surface area contributed by atoms with E-state index in [9.17, 15) is 14.4 Å². The van der Waals surface area contributed by atoms with E-state index in [2.05, 4.69) is 20.8 Å². The second kappa shape index (κ2) is 7.63. The van der Waals surface area contributed by atoms with Crippen molar-refractivity contribution in [3.05, 3.63) is 65.5 Å². The Labute approximate surface area is 166 Å². The number of anilines is 1. The van der Waals surface area contributed by atoms with Crippen molar-refractivity contribution in [1.29, 1.82) is 0 Å². The number of carbonyl (C=O) groups is 3. The van der Waals surface area contributed by atoms with Gasteiger partial charge in [0.05, 0.1) is 16.8 Å². The summed E-state index contributed by atoms with van der Waals surface area (Å²) in [6.07, 6.45) is 3.10. The number of rotatable bonds is 6. The monoisotopic (exact) mass is 390 g/mol. The van der Waals surface area contributed by atoms with E-state index < -0.39 is 0 Å². The maximum atomic E-state index is 12.6. The van der Waals surface area contributed by atoms with Gasteiger partial charge in [-0.05, 0) is 59.3 Å². The van der Waals surface area contributed by atoms with Crippen LogP contribution in [-0.2, 0) is 0 Å². The number of hydrogen-bond acceptors (Lipinski definition) is 6. The molecule has 2 heterocycles. The molecule has 0 spiro atoms. The lowest BCUT2D eigenvalue weighted by Gasteiger charge is -2.12. The van der Waals surface area contributed by atoms with Gasteiger partial charge in [-0.25, -0.2) is 4.68 Å². The fourth-order valence-electron chi connectivity index (χ4n) is 3.13. The van der Waals surface area contributed by atoms with Gasteiger partial charge in [-0.1, -0.05) is 13.3 Å². The number of tetrazole rings is 1. The lowest BCUT2D eigenvalue weighted by atomic mass is 10.1. The van der Waals surface area contributed by atoms with Crippen LogP contribution in [0.2, 0.25) is 0 Å². The van der Waals surface area contributed by atoms with Crippen molar-refractivity contribution in [1.82, 2.24) is 25.1 Å². The molecule has 0 saturated heterocycles. The standard InChI is InChI=1S/C20H18N6O3/c1-2-3-10-25-19(28)16-9-4-13(11-17(16)20(25)29)18(27)22-14-5-7-15(8-6-14)26-12-21-23-24-26/h4-9,11-12H,2-3,10H2,1H3,(H,22,27). The molecule has 0 aliphatic carbocycles. The number of aromatic nitrogens is 4. The Balaban J connectivity index is 1.50. The predicted molar refractivity (Wildman–Crippen MR) is 104 cm³/mol. The minimum atomic E-state index is -0.366. The summed E-state index contributed by atoms with van der Waals surface area (Å²) in [5.74, 6) is -1.02. The van der Waals surface area contributed by atoms with Crippen molar-refractivity contribution < 1.29 is 14.4 Å². The molecule has 1 N–H and O–H groups in total. The van der Waals surface area contributed by atoms with Crippen LogP contribution in [0.4, 0.5) is 5.69 Å². The molecule has 0 bridgehead atoms. The molecule has 2 aromatic carbocycles. The highest BCUT2D eigenvalue weighted by atomic mass is 16.2. The quantitative estimate of drug-likeness (QED) is 0.647. The van der Waals surface area contributed by atoms with Crippen molar-refractivity contribution in [3.63, 3.8) is 0 Å². The first kappa shape index (κ1) is 18.5. The summed E-state index contributed by atoms with van der Waals surface area (Å²) in [6, 6.07) is 11.6. The number of nitrogens with one attached hydrogen (secondary N) is 1. The lowest BCUT2D eigenvalue weighted by molar-refractivity contribution is 0.0652. The molecule has 3 aromatic rings. The zero-order valence-corrected chi connectivity index (χ0v) is 15.7. The molecule has 0 atom stereocenters. The topological polar surface area (TPSA) is 110 Å². The highest BCUT2D eigenvalue weighted by Crippen LogP contribution is 2.25. The molecule has 0 saturated carbocycles. The summed E-state index contributed by atoms with van der Waals surface area (Å²) >= 11 is 0. The minimum absolute atomic E-state index is 0.271. The number of imide groups is 1. The third kappa shape index (κ3) is 3.49. The van der Waals surface area contributed by atoms with Crippen molar-refractivity contribution >= 4 is 23.4 Å². The second-order valence-corrected chi connectivity index (χ2v) is 6.63. The van der Waals surface area contributed by atoms with E-state index >= 15 is 0 Å². The Morgan fingerprint density at radius 2 is 1.79 bits per heavy atom. The van der Waals surface area contributed by atoms with E-state index in [1.54, 1.807) is 30.3 Å². The third-order valence-electron chi connectivity index (χ3n) is 4.71. The van der Waals surface area contributed by atoms with Gasteiger partial charge in [0.15, 0.2) is 0 Å². The van der Waals surface area contributed by atoms with E-state index in [-0.39, 0.29) is 23.3 Å². The minimum Gasteiger partial charge on any atom is -0.322 e. The van der Waals surface area contributed by atoms with E-state index in [0.29, 0.717) is 23.4 Å². The number of fused-ring (bicyclic) bond motifs is 1. The predicted octanol–water partition coefficient (Wildman–Crippen LogP) is 2.31. The van der Waals surface area contributed by atoms with Gasteiger partial charge in [0, 0.05) is 17.8 Å². The largest absolute Gasteiger partial charge is 0.322 e. The van der Waals surface area contributed by atoms with Crippen molar-refractivity contribution in [2.75, 3.05) is 11.9 Å². The van der Waals surface area contributed by atoms with Crippen LogP contribution in [0.15, 0.2) is 48.8 Å². The van der Waals surface area contributed by atoms with Crippen LogP contribution in [0, 0.1) is 0 Å². The molecule has 1 aromatic heterocycles. The van der Waals surface area contributed by atoms with E-state index in [4.69, 9.17) is 0 Å². The van der Waals surface area contributed by atoms with Gasteiger partial charge >= 0.3 is 0 Å². The van der Waals surface area contributed by atoms with Crippen LogP contribution >= 0.6 is 0 Å². The zero-order chi connectivity index (χ0) is 20.4. The smallest absolute Gasteiger partial charge is 0.261 e. The van der Waals surface area contributed by atoms with Crippen LogP contribution in [0.25, 0.3) is 5.69 Å². The Bertz CT molecular complexity index is 1080. The van der Waals surface area contributed by atoms with Crippen molar-refractivity contribution in [3.8, 4) is 5.69 Å². The molecule has 9 nitrogen and oxygen atoms in total. The normalized spacial score (nSPS) is 12.9. The van der Waals surface area contributed by atoms with Gasteiger partial charge in [-0.2, -0.15) is 0 Å². The molecular weight excluding hydrogens is 372 g/mol. The SMILES string of the molecule is CCCCN1C(=O)c2ccc(C(=O)Nc3ccc(-n4cnnn4)cc3)cc2C1=O. The van der Waals surface area contributed by atoms with Crippen LogP contribution in [0.5, 0.6) is 0 Å². The molecule has 29 heavy (non-hydrogen) atoms. The molecule has 4 rings (SSSR count). The average molecular weight is 390 g/mol. The Kier molecular flexibility index (Phi) is 4.86. The summed E-state index contributed by atoms with van der Waals surface area (Å²) in [5, 5.41) is 13.7. The van der Waals surface area contributed by atoms with Crippen LogP contribution in [-0.4, -0.2) is 49.4 Å². The number of benzene rings is 2. The molecular formula is C20H18N6O3. The molecule has 0 unspecified atom stereocenters.